The summed E-state index contributed by atoms with van der Waals surface area (Å²) in [5.41, 5.74) is 4.41. The minimum atomic E-state index is 0.734. The van der Waals surface area contributed by atoms with Crippen molar-refractivity contribution in [2.24, 2.45) is 0 Å². The van der Waals surface area contributed by atoms with Crippen molar-refractivity contribution < 1.29 is 0 Å². The molecule has 22 heavy (non-hydrogen) atoms. The fourth-order valence-electron chi connectivity index (χ4n) is 2.30. The van der Waals surface area contributed by atoms with Crippen molar-refractivity contribution in [1.82, 2.24) is 9.78 Å². The summed E-state index contributed by atoms with van der Waals surface area (Å²) in [5, 5.41) is 5.45. The highest BCUT2D eigenvalue weighted by atomic mass is 35.5. The Hall–Kier alpha value is -2.26. The number of halogens is 1. The molecule has 0 aliphatic heterocycles. The molecule has 0 N–H and O–H groups in total. The Morgan fingerprint density at radius 2 is 1.59 bits per heavy atom. The minimum Gasteiger partial charge on any atom is -0.361 e. The fourth-order valence-corrected chi connectivity index (χ4v) is 2.42. The fraction of sp³-hybridized carbons (Fsp3) is 0.167. The second kappa shape index (κ2) is 5.85. The predicted molar refractivity (Wildman–Crippen MR) is 93.1 cm³/mol. The van der Waals surface area contributed by atoms with E-state index in [1.54, 1.807) is 0 Å². The molecule has 0 aliphatic rings. The van der Waals surface area contributed by atoms with Gasteiger partial charge in [0.1, 0.15) is 0 Å². The van der Waals surface area contributed by atoms with Crippen LogP contribution in [0.3, 0.4) is 0 Å². The first-order valence-corrected chi connectivity index (χ1v) is 7.53. The summed E-state index contributed by atoms with van der Waals surface area (Å²) >= 11 is 6.00. The summed E-state index contributed by atoms with van der Waals surface area (Å²) in [4.78, 5) is 2.00. The number of hydrogen-bond donors (Lipinski definition) is 0. The van der Waals surface area contributed by atoms with Crippen LogP contribution in [-0.4, -0.2) is 23.9 Å². The molecule has 3 aromatic rings. The van der Waals surface area contributed by atoms with E-state index in [4.69, 9.17) is 16.7 Å². The van der Waals surface area contributed by atoms with Crippen molar-refractivity contribution >= 4 is 17.4 Å². The number of rotatable bonds is 3. The second-order valence-corrected chi connectivity index (χ2v) is 5.97. The second-order valence-electron chi connectivity index (χ2n) is 5.54. The molecule has 0 atom stereocenters. The van der Waals surface area contributed by atoms with Gasteiger partial charge >= 0.3 is 0 Å². The van der Waals surface area contributed by atoms with E-state index in [-0.39, 0.29) is 0 Å². The van der Waals surface area contributed by atoms with Crippen molar-refractivity contribution in [1.29, 1.82) is 0 Å². The van der Waals surface area contributed by atoms with E-state index in [0.717, 1.165) is 27.8 Å². The Morgan fingerprint density at radius 1 is 0.955 bits per heavy atom. The van der Waals surface area contributed by atoms with Gasteiger partial charge in [-0.15, -0.1) is 5.10 Å². The molecule has 3 nitrogen and oxygen atoms in total. The molecule has 2 aromatic carbocycles. The first-order valence-electron chi connectivity index (χ1n) is 7.15. The molecule has 0 amide bonds. The van der Waals surface area contributed by atoms with Gasteiger partial charge in [-0.25, -0.2) is 4.68 Å². The highest BCUT2D eigenvalue weighted by Crippen LogP contribution is 2.28. The lowest BCUT2D eigenvalue weighted by molar-refractivity contribution is 0.871. The van der Waals surface area contributed by atoms with E-state index in [1.807, 2.05) is 47.9 Å². The Balaban J connectivity index is 2.15. The molecule has 0 spiro atoms. The highest BCUT2D eigenvalue weighted by Gasteiger charge is 2.12. The van der Waals surface area contributed by atoms with E-state index in [0.29, 0.717) is 0 Å². The van der Waals surface area contributed by atoms with Gasteiger partial charge in [0.15, 0.2) is 5.82 Å². The summed E-state index contributed by atoms with van der Waals surface area (Å²) < 4.78 is 1.97. The molecular formula is C18H18ClN3. The van der Waals surface area contributed by atoms with Crippen LogP contribution in [0.2, 0.25) is 5.02 Å². The van der Waals surface area contributed by atoms with Gasteiger partial charge in [-0.2, -0.15) is 0 Å². The lowest BCUT2D eigenvalue weighted by atomic mass is 10.1. The minimum absolute atomic E-state index is 0.734. The molecule has 0 radical (unpaired) electrons. The Bertz CT molecular complexity index is 708. The summed E-state index contributed by atoms with van der Waals surface area (Å²) in [5.74, 6) is 0.922. The zero-order valence-electron chi connectivity index (χ0n) is 12.9. The van der Waals surface area contributed by atoms with Crippen LogP contribution in [0, 0.1) is 6.92 Å². The van der Waals surface area contributed by atoms with Gasteiger partial charge < -0.3 is 4.90 Å². The van der Waals surface area contributed by atoms with Crippen molar-refractivity contribution in [2.45, 2.75) is 6.92 Å². The maximum absolute atomic E-state index is 6.00. The monoisotopic (exact) mass is 311 g/mol. The van der Waals surface area contributed by atoms with E-state index >= 15 is 0 Å². The zero-order valence-corrected chi connectivity index (χ0v) is 13.7. The van der Waals surface area contributed by atoms with Crippen LogP contribution in [0.5, 0.6) is 0 Å². The lowest BCUT2D eigenvalue weighted by Crippen LogP contribution is -2.09. The van der Waals surface area contributed by atoms with Crippen molar-refractivity contribution in [3.8, 4) is 16.9 Å². The maximum atomic E-state index is 6.00. The smallest absolute Gasteiger partial charge is 0.151 e. The van der Waals surface area contributed by atoms with E-state index in [9.17, 15) is 0 Å². The topological polar surface area (TPSA) is 21.1 Å². The first kappa shape index (κ1) is 14.7. The molecule has 0 saturated carbocycles. The van der Waals surface area contributed by atoms with Gasteiger partial charge in [0.05, 0.1) is 11.4 Å². The van der Waals surface area contributed by atoms with Crippen molar-refractivity contribution in [3.63, 3.8) is 0 Å². The molecule has 0 saturated heterocycles. The molecule has 1 heterocycles. The molecule has 0 unspecified atom stereocenters. The van der Waals surface area contributed by atoms with Gasteiger partial charge in [-0.3, -0.25) is 0 Å². The molecule has 0 aliphatic carbocycles. The van der Waals surface area contributed by atoms with Crippen LogP contribution < -0.4 is 4.90 Å². The Morgan fingerprint density at radius 3 is 2.18 bits per heavy atom. The third kappa shape index (κ3) is 2.85. The normalized spacial score (nSPS) is 10.7. The Labute approximate surface area is 135 Å². The SMILES string of the molecule is Cc1ccc(-n2nc(N(C)C)cc2-c2ccc(Cl)cc2)cc1. The van der Waals surface area contributed by atoms with Crippen LogP contribution in [0.25, 0.3) is 16.9 Å². The molecule has 112 valence electrons. The summed E-state index contributed by atoms with van der Waals surface area (Å²) in [6.45, 7) is 2.08. The highest BCUT2D eigenvalue weighted by molar-refractivity contribution is 6.30. The van der Waals surface area contributed by atoms with Gasteiger partial charge in [-0.1, -0.05) is 41.4 Å². The molecule has 0 fully saturated rings. The van der Waals surface area contributed by atoms with Crippen LogP contribution in [0.4, 0.5) is 5.82 Å². The number of hydrogen-bond acceptors (Lipinski definition) is 2. The molecule has 4 heteroatoms. The summed E-state index contributed by atoms with van der Waals surface area (Å²) in [7, 11) is 3.99. The third-order valence-electron chi connectivity index (χ3n) is 3.57. The number of anilines is 1. The third-order valence-corrected chi connectivity index (χ3v) is 3.83. The maximum Gasteiger partial charge on any atom is 0.151 e. The standard InChI is InChI=1S/C18H18ClN3/c1-13-4-10-16(11-5-13)22-17(12-18(20-22)21(2)3)14-6-8-15(19)9-7-14/h4-12H,1-3H3. The number of benzene rings is 2. The molecule has 3 rings (SSSR count). The van der Waals surface area contributed by atoms with E-state index < -0.39 is 0 Å². The number of aryl methyl sites for hydroxylation is 1. The molecular weight excluding hydrogens is 294 g/mol. The quantitative estimate of drug-likeness (QED) is 0.706. The van der Waals surface area contributed by atoms with E-state index in [1.165, 1.54) is 5.56 Å². The largest absolute Gasteiger partial charge is 0.361 e. The Kier molecular flexibility index (Phi) is 3.90. The van der Waals surface area contributed by atoms with Crippen molar-refractivity contribution in [3.05, 3.63) is 65.2 Å². The zero-order chi connectivity index (χ0) is 15.7. The molecule has 0 bridgehead atoms. The first-order chi connectivity index (χ1) is 10.5. The van der Waals surface area contributed by atoms with Crippen LogP contribution >= 0.6 is 11.6 Å². The van der Waals surface area contributed by atoms with Gasteiger partial charge in [0.2, 0.25) is 0 Å². The summed E-state index contributed by atoms with van der Waals surface area (Å²) in [6, 6.07) is 18.3. The van der Waals surface area contributed by atoms with Gasteiger partial charge in [-0.05, 0) is 31.2 Å². The predicted octanol–water partition coefficient (Wildman–Crippen LogP) is 4.57. The number of aromatic nitrogens is 2. The number of nitrogens with zero attached hydrogens (tertiary/aromatic N) is 3. The van der Waals surface area contributed by atoms with Crippen LogP contribution in [-0.2, 0) is 0 Å². The van der Waals surface area contributed by atoms with Crippen LogP contribution in [0.15, 0.2) is 54.6 Å². The van der Waals surface area contributed by atoms with Gasteiger partial charge in [0, 0.05) is 30.7 Å². The van der Waals surface area contributed by atoms with E-state index in [2.05, 4.69) is 37.3 Å². The average molecular weight is 312 g/mol. The van der Waals surface area contributed by atoms with Crippen molar-refractivity contribution in [2.75, 3.05) is 19.0 Å². The van der Waals surface area contributed by atoms with Gasteiger partial charge in [0.25, 0.3) is 0 Å². The summed E-state index contributed by atoms with van der Waals surface area (Å²) in [6.07, 6.45) is 0. The van der Waals surface area contributed by atoms with Crippen LogP contribution in [0.1, 0.15) is 5.56 Å². The average Bonchev–Trinajstić information content (AvgIpc) is 2.94. The lowest BCUT2D eigenvalue weighted by Gasteiger charge is -2.08. The molecule has 1 aromatic heterocycles.